The van der Waals surface area contributed by atoms with Crippen molar-refractivity contribution in [3.63, 3.8) is 0 Å². The van der Waals surface area contributed by atoms with Gasteiger partial charge >= 0.3 is 0 Å². The Kier molecular flexibility index (Phi) is 4.32. The van der Waals surface area contributed by atoms with Crippen molar-refractivity contribution in [2.45, 2.75) is 33.2 Å². The Bertz CT molecular complexity index is 351. The molecule has 0 aromatic carbocycles. The van der Waals surface area contributed by atoms with E-state index in [0.717, 1.165) is 24.4 Å². The van der Waals surface area contributed by atoms with Crippen LogP contribution in [0.3, 0.4) is 0 Å². The van der Waals surface area contributed by atoms with Crippen LogP contribution < -0.4 is 0 Å². The van der Waals surface area contributed by atoms with Crippen molar-refractivity contribution in [1.29, 1.82) is 5.26 Å². The van der Waals surface area contributed by atoms with Gasteiger partial charge in [-0.2, -0.15) is 10.4 Å². The van der Waals surface area contributed by atoms with E-state index in [0.29, 0.717) is 6.42 Å². The first-order chi connectivity index (χ1) is 7.24. The number of aryl methyl sites for hydroxylation is 2. The van der Waals surface area contributed by atoms with Gasteiger partial charge < -0.3 is 5.11 Å². The zero-order valence-electron chi connectivity index (χ0n) is 9.27. The van der Waals surface area contributed by atoms with Crippen molar-refractivity contribution in [3.05, 3.63) is 17.5 Å². The molecular weight excluding hydrogens is 190 g/mol. The van der Waals surface area contributed by atoms with E-state index in [1.54, 1.807) is 0 Å². The fourth-order valence-corrected chi connectivity index (χ4v) is 1.53. The summed E-state index contributed by atoms with van der Waals surface area (Å²) in [6, 6.07) is 4.11. The molecule has 1 unspecified atom stereocenters. The topological polar surface area (TPSA) is 61.8 Å². The van der Waals surface area contributed by atoms with Crippen LogP contribution in [0.25, 0.3) is 0 Å². The largest absolute Gasteiger partial charge is 0.395 e. The molecule has 0 bridgehead atoms. The number of aliphatic hydroxyl groups is 1. The van der Waals surface area contributed by atoms with Crippen LogP contribution in [-0.2, 0) is 19.4 Å². The van der Waals surface area contributed by atoms with E-state index in [9.17, 15) is 0 Å². The summed E-state index contributed by atoms with van der Waals surface area (Å²) in [5.41, 5.74) is 2.08. The van der Waals surface area contributed by atoms with E-state index < -0.39 is 0 Å². The number of rotatable bonds is 5. The van der Waals surface area contributed by atoms with Gasteiger partial charge in [0.15, 0.2) is 0 Å². The number of aromatic nitrogens is 2. The van der Waals surface area contributed by atoms with Crippen LogP contribution in [0, 0.1) is 17.2 Å². The first kappa shape index (κ1) is 11.7. The van der Waals surface area contributed by atoms with Crippen LogP contribution >= 0.6 is 0 Å². The van der Waals surface area contributed by atoms with Gasteiger partial charge in [0.2, 0.25) is 0 Å². The Hall–Kier alpha value is -1.34. The van der Waals surface area contributed by atoms with E-state index in [1.807, 2.05) is 17.7 Å². The highest BCUT2D eigenvalue weighted by Crippen LogP contribution is 2.11. The van der Waals surface area contributed by atoms with Crippen molar-refractivity contribution in [3.8, 4) is 6.07 Å². The Morgan fingerprint density at radius 3 is 2.80 bits per heavy atom. The van der Waals surface area contributed by atoms with Gasteiger partial charge in [0.05, 0.1) is 24.3 Å². The maximum atomic E-state index is 8.96. The summed E-state index contributed by atoms with van der Waals surface area (Å²) in [5.74, 6) is -0.322. The van der Waals surface area contributed by atoms with E-state index in [2.05, 4.69) is 18.1 Å². The minimum atomic E-state index is -0.322. The summed E-state index contributed by atoms with van der Waals surface area (Å²) in [6.45, 7) is 4.79. The highest BCUT2D eigenvalue weighted by molar-refractivity contribution is 5.12. The van der Waals surface area contributed by atoms with Crippen LogP contribution in [0.5, 0.6) is 0 Å². The smallest absolute Gasteiger partial charge is 0.0749 e. The highest BCUT2D eigenvalue weighted by atomic mass is 16.3. The number of hydrogen-bond acceptors (Lipinski definition) is 3. The predicted octanol–water partition coefficient (Wildman–Crippen LogP) is 1.14. The summed E-state index contributed by atoms with van der Waals surface area (Å²) >= 11 is 0. The van der Waals surface area contributed by atoms with E-state index in [-0.39, 0.29) is 12.5 Å². The lowest BCUT2D eigenvalue weighted by Gasteiger charge is -2.06. The summed E-state index contributed by atoms with van der Waals surface area (Å²) in [5, 5.41) is 22.1. The van der Waals surface area contributed by atoms with Crippen molar-refractivity contribution in [1.82, 2.24) is 9.78 Å². The van der Waals surface area contributed by atoms with Gasteiger partial charge in [-0.3, -0.25) is 4.68 Å². The minimum absolute atomic E-state index is 0.0904. The Balaban J connectivity index is 2.83. The first-order valence-corrected chi connectivity index (χ1v) is 5.31. The second kappa shape index (κ2) is 5.52. The van der Waals surface area contributed by atoms with Crippen molar-refractivity contribution < 1.29 is 5.11 Å². The molecule has 0 spiro atoms. The summed E-state index contributed by atoms with van der Waals surface area (Å²) in [4.78, 5) is 0. The maximum absolute atomic E-state index is 8.96. The van der Waals surface area contributed by atoms with Crippen LogP contribution in [0.4, 0.5) is 0 Å². The van der Waals surface area contributed by atoms with Crippen LogP contribution in [0.15, 0.2) is 6.07 Å². The van der Waals surface area contributed by atoms with Gasteiger partial charge in [0, 0.05) is 18.7 Å². The Morgan fingerprint density at radius 2 is 2.33 bits per heavy atom. The molecule has 4 heteroatoms. The zero-order chi connectivity index (χ0) is 11.3. The molecule has 0 aliphatic heterocycles. The van der Waals surface area contributed by atoms with Crippen LogP contribution in [0.2, 0.25) is 0 Å². The highest BCUT2D eigenvalue weighted by Gasteiger charge is 2.12. The molecule has 1 N–H and O–H groups in total. The fraction of sp³-hybridized carbons (Fsp3) is 0.636. The number of aliphatic hydroxyl groups excluding tert-OH is 1. The Labute approximate surface area is 90.1 Å². The van der Waals surface area contributed by atoms with Gasteiger partial charge in [0.25, 0.3) is 0 Å². The molecule has 15 heavy (non-hydrogen) atoms. The first-order valence-electron chi connectivity index (χ1n) is 5.31. The molecule has 1 aromatic heterocycles. The standard InChI is InChI=1S/C11H17N3O/c1-3-10-6-11(14(4-2)13-10)5-9(7-12)8-15/h6,9,15H,3-5,8H2,1-2H3. The third-order valence-corrected chi connectivity index (χ3v) is 2.43. The van der Waals surface area contributed by atoms with Gasteiger partial charge in [-0.15, -0.1) is 0 Å². The minimum Gasteiger partial charge on any atom is -0.395 e. The molecule has 82 valence electrons. The lowest BCUT2D eigenvalue weighted by atomic mass is 10.1. The van der Waals surface area contributed by atoms with E-state index >= 15 is 0 Å². The molecule has 1 rings (SSSR count). The van der Waals surface area contributed by atoms with Crippen molar-refractivity contribution >= 4 is 0 Å². The summed E-state index contributed by atoms with van der Waals surface area (Å²) < 4.78 is 1.90. The molecule has 1 heterocycles. The monoisotopic (exact) mass is 207 g/mol. The average Bonchev–Trinajstić information content (AvgIpc) is 2.68. The molecule has 0 radical (unpaired) electrons. The van der Waals surface area contributed by atoms with Gasteiger partial charge in [-0.05, 0) is 19.4 Å². The van der Waals surface area contributed by atoms with E-state index in [4.69, 9.17) is 10.4 Å². The maximum Gasteiger partial charge on any atom is 0.0749 e. The summed E-state index contributed by atoms with van der Waals surface area (Å²) in [7, 11) is 0. The molecule has 0 amide bonds. The molecule has 0 aliphatic rings. The SMILES string of the molecule is CCc1cc(CC(C#N)CO)n(CC)n1. The van der Waals surface area contributed by atoms with Gasteiger partial charge in [-0.1, -0.05) is 6.92 Å². The lowest BCUT2D eigenvalue weighted by Crippen LogP contribution is -2.11. The second-order valence-electron chi connectivity index (χ2n) is 3.51. The molecule has 0 fully saturated rings. The molecule has 4 nitrogen and oxygen atoms in total. The number of nitriles is 1. The third kappa shape index (κ3) is 2.80. The average molecular weight is 207 g/mol. The Morgan fingerprint density at radius 1 is 1.60 bits per heavy atom. The molecular formula is C11H17N3O. The molecule has 0 saturated carbocycles. The third-order valence-electron chi connectivity index (χ3n) is 2.43. The van der Waals surface area contributed by atoms with Crippen LogP contribution in [0.1, 0.15) is 25.2 Å². The van der Waals surface area contributed by atoms with E-state index in [1.165, 1.54) is 0 Å². The van der Waals surface area contributed by atoms with Crippen molar-refractivity contribution in [2.24, 2.45) is 5.92 Å². The molecule has 0 aliphatic carbocycles. The molecule has 1 aromatic rings. The zero-order valence-corrected chi connectivity index (χ0v) is 9.27. The predicted molar refractivity (Wildman–Crippen MR) is 57.2 cm³/mol. The lowest BCUT2D eigenvalue weighted by molar-refractivity contribution is 0.253. The molecule has 1 atom stereocenters. The van der Waals surface area contributed by atoms with Crippen molar-refractivity contribution in [2.75, 3.05) is 6.61 Å². The van der Waals surface area contributed by atoms with Gasteiger partial charge in [-0.25, -0.2) is 0 Å². The second-order valence-corrected chi connectivity index (χ2v) is 3.51. The number of nitrogens with zero attached hydrogens (tertiary/aromatic N) is 3. The normalized spacial score (nSPS) is 12.4. The fourth-order valence-electron chi connectivity index (χ4n) is 1.53. The van der Waals surface area contributed by atoms with Crippen LogP contribution in [-0.4, -0.2) is 21.5 Å². The molecule has 0 saturated heterocycles. The summed E-state index contributed by atoms with van der Waals surface area (Å²) in [6.07, 6.45) is 1.48. The number of hydrogen-bond donors (Lipinski definition) is 1. The van der Waals surface area contributed by atoms with Gasteiger partial charge in [0.1, 0.15) is 0 Å². The quantitative estimate of drug-likeness (QED) is 0.787.